The summed E-state index contributed by atoms with van der Waals surface area (Å²) in [4.78, 5) is 11.7. The van der Waals surface area contributed by atoms with E-state index in [0.717, 1.165) is 6.42 Å². The quantitative estimate of drug-likeness (QED) is 0.618. The van der Waals surface area contributed by atoms with Crippen LogP contribution in [0.4, 0.5) is 0 Å². The lowest BCUT2D eigenvalue weighted by atomic mass is 9.88. The van der Waals surface area contributed by atoms with Gasteiger partial charge in [-0.15, -0.1) is 0 Å². The van der Waals surface area contributed by atoms with Crippen LogP contribution in [0.1, 0.15) is 40.5 Å². The van der Waals surface area contributed by atoms with Crippen molar-refractivity contribution in [2.24, 2.45) is 11.7 Å². The largest absolute Gasteiger partial charge is 0.382 e. The maximum Gasteiger partial charge on any atom is 0.220 e. The zero-order valence-electron chi connectivity index (χ0n) is 11.0. The van der Waals surface area contributed by atoms with Gasteiger partial charge in [0.2, 0.25) is 5.91 Å². The minimum atomic E-state index is -0.303. The Bertz CT molecular complexity index is 207. The maximum absolute atomic E-state index is 11.7. The Balaban J connectivity index is 3.93. The molecule has 4 heteroatoms. The van der Waals surface area contributed by atoms with Crippen LogP contribution in [0.2, 0.25) is 0 Å². The highest BCUT2D eigenvalue weighted by atomic mass is 16.5. The van der Waals surface area contributed by atoms with E-state index in [1.165, 1.54) is 0 Å². The Morgan fingerprint density at radius 1 is 1.50 bits per heavy atom. The number of carbonyl (C=O) groups excluding carboxylic acids is 1. The number of amides is 1. The van der Waals surface area contributed by atoms with Gasteiger partial charge in [-0.3, -0.25) is 4.79 Å². The van der Waals surface area contributed by atoms with Crippen molar-refractivity contribution in [1.82, 2.24) is 5.32 Å². The zero-order chi connectivity index (χ0) is 12.6. The summed E-state index contributed by atoms with van der Waals surface area (Å²) in [6.07, 6.45) is 1.26. The van der Waals surface area contributed by atoms with Crippen molar-refractivity contribution < 1.29 is 9.53 Å². The fourth-order valence-electron chi connectivity index (χ4n) is 1.29. The molecule has 0 saturated heterocycles. The highest BCUT2D eigenvalue weighted by molar-refractivity contribution is 5.76. The summed E-state index contributed by atoms with van der Waals surface area (Å²) in [6, 6.07) is 0. The second kappa shape index (κ2) is 7.63. The van der Waals surface area contributed by atoms with E-state index < -0.39 is 0 Å². The SMILES string of the molecule is CCOCCCC(=O)NC(C)(CN)C(C)C. The summed E-state index contributed by atoms with van der Waals surface area (Å²) in [6.45, 7) is 9.87. The minimum Gasteiger partial charge on any atom is -0.382 e. The molecule has 4 nitrogen and oxygen atoms in total. The first-order valence-electron chi connectivity index (χ1n) is 6.05. The standard InChI is InChI=1S/C12H26N2O2/c1-5-16-8-6-7-11(15)14-12(4,9-13)10(2)3/h10H,5-9,13H2,1-4H3,(H,14,15). The lowest BCUT2D eigenvalue weighted by molar-refractivity contribution is -0.123. The third-order valence-electron chi connectivity index (χ3n) is 3.02. The van der Waals surface area contributed by atoms with Crippen LogP contribution < -0.4 is 11.1 Å². The Kier molecular flexibility index (Phi) is 7.34. The topological polar surface area (TPSA) is 64.3 Å². The molecule has 0 radical (unpaired) electrons. The third-order valence-corrected chi connectivity index (χ3v) is 3.02. The average Bonchev–Trinajstić information content (AvgIpc) is 2.24. The molecule has 0 aromatic carbocycles. The second-order valence-electron chi connectivity index (χ2n) is 4.62. The van der Waals surface area contributed by atoms with E-state index in [1.807, 2.05) is 13.8 Å². The van der Waals surface area contributed by atoms with Gasteiger partial charge in [0.25, 0.3) is 0 Å². The molecule has 1 unspecified atom stereocenters. The molecular weight excluding hydrogens is 204 g/mol. The summed E-state index contributed by atoms with van der Waals surface area (Å²) in [5.74, 6) is 0.384. The Morgan fingerprint density at radius 3 is 2.56 bits per heavy atom. The average molecular weight is 230 g/mol. The summed E-state index contributed by atoms with van der Waals surface area (Å²) >= 11 is 0. The first-order valence-corrected chi connectivity index (χ1v) is 6.05. The molecule has 0 aromatic heterocycles. The molecule has 0 aliphatic carbocycles. The number of carbonyl (C=O) groups is 1. The fraction of sp³-hybridized carbons (Fsp3) is 0.917. The molecule has 0 heterocycles. The van der Waals surface area contributed by atoms with Gasteiger partial charge in [0.15, 0.2) is 0 Å². The normalized spacial score (nSPS) is 14.9. The molecule has 0 bridgehead atoms. The van der Waals surface area contributed by atoms with Crippen molar-refractivity contribution >= 4 is 5.91 Å². The Hall–Kier alpha value is -0.610. The van der Waals surface area contributed by atoms with Crippen LogP contribution in [0.25, 0.3) is 0 Å². The summed E-state index contributed by atoms with van der Waals surface area (Å²) in [7, 11) is 0. The molecule has 0 rings (SSSR count). The summed E-state index contributed by atoms with van der Waals surface area (Å²) in [5.41, 5.74) is 5.39. The number of nitrogens with two attached hydrogens (primary N) is 1. The van der Waals surface area contributed by atoms with Crippen molar-refractivity contribution in [3.05, 3.63) is 0 Å². The number of hydrogen-bond donors (Lipinski definition) is 2. The maximum atomic E-state index is 11.7. The van der Waals surface area contributed by atoms with Crippen LogP contribution in [-0.2, 0) is 9.53 Å². The molecule has 0 spiro atoms. The van der Waals surface area contributed by atoms with E-state index in [-0.39, 0.29) is 11.4 Å². The lowest BCUT2D eigenvalue weighted by Gasteiger charge is -2.33. The number of hydrogen-bond acceptors (Lipinski definition) is 3. The first kappa shape index (κ1) is 15.4. The smallest absolute Gasteiger partial charge is 0.220 e. The Labute approximate surface area is 98.9 Å². The van der Waals surface area contributed by atoms with Gasteiger partial charge in [0.1, 0.15) is 0 Å². The van der Waals surface area contributed by atoms with Crippen LogP contribution in [0.5, 0.6) is 0 Å². The van der Waals surface area contributed by atoms with Crippen LogP contribution in [-0.4, -0.2) is 31.2 Å². The molecule has 0 aliphatic heterocycles. The zero-order valence-corrected chi connectivity index (χ0v) is 11.0. The molecule has 1 atom stereocenters. The first-order chi connectivity index (χ1) is 7.46. The fourth-order valence-corrected chi connectivity index (χ4v) is 1.29. The molecule has 1 amide bonds. The monoisotopic (exact) mass is 230 g/mol. The van der Waals surface area contributed by atoms with Gasteiger partial charge in [-0.05, 0) is 26.2 Å². The minimum absolute atomic E-state index is 0.0568. The molecule has 16 heavy (non-hydrogen) atoms. The van der Waals surface area contributed by atoms with E-state index in [2.05, 4.69) is 19.2 Å². The third kappa shape index (κ3) is 5.47. The molecular formula is C12H26N2O2. The number of rotatable bonds is 8. The molecule has 0 saturated carbocycles. The molecule has 0 aliphatic rings. The summed E-state index contributed by atoms with van der Waals surface area (Å²) < 4.78 is 5.18. The van der Waals surface area contributed by atoms with Crippen molar-refractivity contribution in [2.45, 2.75) is 46.1 Å². The van der Waals surface area contributed by atoms with Gasteiger partial charge in [0, 0.05) is 26.2 Å². The highest BCUT2D eigenvalue weighted by Gasteiger charge is 2.27. The molecule has 96 valence electrons. The predicted molar refractivity (Wildman–Crippen MR) is 66.2 cm³/mol. The molecule has 0 aromatic rings. The summed E-state index contributed by atoms with van der Waals surface area (Å²) in [5, 5.41) is 3.00. The molecule has 0 fully saturated rings. The van der Waals surface area contributed by atoms with Gasteiger partial charge < -0.3 is 15.8 Å². The van der Waals surface area contributed by atoms with E-state index >= 15 is 0 Å². The van der Waals surface area contributed by atoms with Crippen LogP contribution in [0, 0.1) is 5.92 Å². The van der Waals surface area contributed by atoms with Gasteiger partial charge in [0.05, 0.1) is 5.54 Å². The van der Waals surface area contributed by atoms with E-state index in [1.54, 1.807) is 0 Å². The van der Waals surface area contributed by atoms with Gasteiger partial charge >= 0.3 is 0 Å². The number of nitrogens with one attached hydrogen (secondary N) is 1. The van der Waals surface area contributed by atoms with E-state index in [4.69, 9.17) is 10.5 Å². The van der Waals surface area contributed by atoms with Gasteiger partial charge in [-0.1, -0.05) is 13.8 Å². The molecule has 3 N–H and O–H groups in total. The highest BCUT2D eigenvalue weighted by Crippen LogP contribution is 2.14. The predicted octanol–water partition coefficient (Wildman–Crippen LogP) is 1.29. The van der Waals surface area contributed by atoms with Gasteiger partial charge in [-0.2, -0.15) is 0 Å². The van der Waals surface area contributed by atoms with Crippen molar-refractivity contribution in [3.63, 3.8) is 0 Å². The van der Waals surface area contributed by atoms with E-state index in [0.29, 0.717) is 32.1 Å². The van der Waals surface area contributed by atoms with E-state index in [9.17, 15) is 4.79 Å². The van der Waals surface area contributed by atoms with Crippen LogP contribution in [0.3, 0.4) is 0 Å². The second-order valence-corrected chi connectivity index (χ2v) is 4.62. The van der Waals surface area contributed by atoms with Crippen LogP contribution in [0.15, 0.2) is 0 Å². The van der Waals surface area contributed by atoms with Gasteiger partial charge in [-0.25, -0.2) is 0 Å². The van der Waals surface area contributed by atoms with Crippen molar-refractivity contribution in [2.75, 3.05) is 19.8 Å². The number of ether oxygens (including phenoxy) is 1. The van der Waals surface area contributed by atoms with Crippen LogP contribution >= 0.6 is 0 Å². The van der Waals surface area contributed by atoms with Crippen molar-refractivity contribution in [1.29, 1.82) is 0 Å². The lowest BCUT2D eigenvalue weighted by Crippen LogP contribution is -2.55. The van der Waals surface area contributed by atoms with Crippen molar-refractivity contribution in [3.8, 4) is 0 Å². The Morgan fingerprint density at radius 2 is 2.12 bits per heavy atom.